The van der Waals surface area contributed by atoms with Gasteiger partial charge < -0.3 is 9.97 Å². The second-order valence-corrected chi connectivity index (χ2v) is 13.5. The first-order chi connectivity index (χ1) is 14.2. The Bertz CT molecular complexity index is 1050. The molecule has 0 aliphatic carbocycles. The summed E-state index contributed by atoms with van der Waals surface area (Å²) in [7, 11) is 0.940. The standard InChI is InChI=1S/C25H28N3Si.B.Y/c1-19-8-9-20(22-15-26-18-27-16-22)13-23(19)24-14-21-7-6-12-29(10-4-3-5-11-29)25(21)17-28(24)2;;/h8-9,14-15,17-18H,3-7,10-12H2,1-2H3;;/q-1;;. The van der Waals surface area contributed by atoms with Gasteiger partial charge in [0.2, 0.25) is 0 Å². The van der Waals surface area contributed by atoms with Crippen LogP contribution in [0.1, 0.15) is 36.8 Å². The summed E-state index contributed by atoms with van der Waals surface area (Å²) in [5.74, 6) is 0. The Balaban J connectivity index is 0.00000136. The van der Waals surface area contributed by atoms with Gasteiger partial charge in [0.1, 0.15) is 12.7 Å². The zero-order valence-corrected chi connectivity index (χ0v) is 22.5. The molecule has 0 unspecified atom stereocenters. The van der Waals surface area contributed by atoms with Crippen molar-refractivity contribution in [2.24, 2.45) is 7.05 Å². The Morgan fingerprint density at radius 2 is 1.81 bits per heavy atom. The number of benzene rings is 1. The fourth-order valence-corrected chi connectivity index (χ4v) is 11.1. The van der Waals surface area contributed by atoms with Gasteiger partial charge in [-0.2, -0.15) is 23.3 Å². The minimum absolute atomic E-state index is 0. The van der Waals surface area contributed by atoms with Crippen LogP contribution in [0.3, 0.4) is 0 Å². The quantitative estimate of drug-likeness (QED) is 0.305. The van der Waals surface area contributed by atoms with Gasteiger partial charge in [0.25, 0.3) is 0 Å². The molecule has 31 heavy (non-hydrogen) atoms. The fraction of sp³-hybridized carbons (Fsp3) is 0.400. The largest absolute Gasteiger partial charge is 0.350 e. The molecule has 6 heteroatoms. The number of fused-ring (bicyclic) bond motifs is 2. The minimum Gasteiger partial charge on any atom is -0.350 e. The summed E-state index contributed by atoms with van der Waals surface area (Å²) in [5, 5.41) is 1.76. The Morgan fingerprint density at radius 3 is 2.55 bits per heavy atom. The normalized spacial score (nSPS) is 16.7. The van der Waals surface area contributed by atoms with Crippen LogP contribution in [0.4, 0.5) is 0 Å². The van der Waals surface area contributed by atoms with Crippen LogP contribution in [0.15, 0.2) is 36.9 Å². The molecular weight excluding hydrogens is 470 g/mol. The maximum atomic E-state index is 4.15. The van der Waals surface area contributed by atoms with E-state index in [2.05, 4.69) is 65.2 Å². The molecule has 5 rings (SSSR count). The molecule has 1 saturated heterocycles. The molecule has 3 nitrogen and oxygen atoms in total. The van der Waals surface area contributed by atoms with E-state index in [1.807, 2.05) is 6.20 Å². The average Bonchev–Trinajstić information content (AvgIpc) is 2.76. The molecule has 2 aromatic heterocycles. The van der Waals surface area contributed by atoms with Crippen molar-refractivity contribution in [3.05, 3.63) is 60.3 Å². The van der Waals surface area contributed by atoms with Gasteiger partial charge in [0.15, 0.2) is 6.20 Å². The summed E-state index contributed by atoms with van der Waals surface area (Å²) >= 11 is 0. The van der Waals surface area contributed by atoms with Crippen molar-refractivity contribution in [2.45, 2.75) is 57.2 Å². The summed E-state index contributed by atoms with van der Waals surface area (Å²) in [6.45, 7) is 2.18. The van der Waals surface area contributed by atoms with Crippen LogP contribution in [0.5, 0.6) is 0 Å². The second-order valence-electron chi connectivity index (χ2n) is 8.88. The first kappa shape index (κ1) is 24.5. The third kappa shape index (κ3) is 4.65. The molecule has 4 heterocycles. The van der Waals surface area contributed by atoms with Crippen molar-refractivity contribution >= 4 is 21.7 Å². The van der Waals surface area contributed by atoms with E-state index in [-0.39, 0.29) is 41.1 Å². The third-order valence-corrected chi connectivity index (χ3v) is 12.6. The predicted molar refractivity (Wildman–Crippen MR) is 124 cm³/mol. The zero-order chi connectivity index (χ0) is 19.8. The second kappa shape index (κ2) is 10.2. The monoisotopic (exact) mass is 498 g/mol. The van der Waals surface area contributed by atoms with E-state index < -0.39 is 8.07 Å². The van der Waals surface area contributed by atoms with E-state index in [1.165, 1.54) is 73.4 Å². The molecule has 1 aromatic carbocycles. The minimum atomic E-state index is -1.28. The third-order valence-electron chi connectivity index (χ3n) is 7.06. The van der Waals surface area contributed by atoms with Crippen molar-refractivity contribution in [2.75, 3.05) is 0 Å². The zero-order valence-electron chi connectivity index (χ0n) is 18.6. The van der Waals surface area contributed by atoms with Gasteiger partial charge in [-0.05, 0) is 18.1 Å². The van der Waals surface area contributed by atoms with Gasteiger partial charge in [-0.1, -0.05) is 68.7 Å². The average molecular weight is 498 g/mol. The van der Waals surface area contributed by atoms with E-state index in [0.717, 1.165) is 11.1 Å². The van der Waals surface area contributed by atoms with Crippen LogP contribution in [-0.4, -0.2) is 26.5 Å². The summed E-state index contributed by atoms with van der Waals surface area (Å²) in [6.07, 6.45) is 15.8. The van der Waals surface area contributed by atoms with E-state index in [0.29, 0.717) is 0 Å². The molecule has 1 fully saturated rings. The number of pyridine rings is 1. The van der Waals surface area contributed by atoms with Gasteiger partial charge >= 0.3 is 0 Å². The SMILES string of the molecule is Cc1ccc(-c2[c-]ncnc2)[c-]c1-c1cc2c(c[n+]1C)[Si]1(CCCCC1)CCC2.[B].[Y]. The van der Waals surface area contributed by atoms with Crippen molar-refractivity contribution in [3.63, 3.8) is 0 Å². The Labute approximate surface area is 214 Å². The Hall–Kier alpha value is -1.16. The first-order valence-corrected chi connectivity index (χ1v) is 13.5. The first-order valence-electron chi connectivity index (χ1n) is 10.9. The van der Waals surface area contributed by atoms with Gasteiger partial charge in [0, 0.05) is 52.6 Å². The number of rotatable bonds is 2. The van der Waals surface area contributed by atoms with Crippen LogP contribution in [0.25, 0.3) is 22.4 Å². The van der Waals surface area contributed by atoms with E-state index in [1.54, 1.807) is 10.8 Å². The molecule has 3 aromatic rings. The molecule has 0 atom stereocenters. The molecular formula is C25H28BN3SiY-. The van der Waals surface area contributed by atoms with Crippen molar-refractivity contribution in [1.29, 1.82) is 0 Å². The predicted octanol–water partition coefficient (Wildman–Crippen LogP) is 3.95. The van der Waals surface area contributed by atoms with E-state index in [4.69, 9.17) is 0 Å². The molecule has 154 valence electrons. The number of aromatic nitrogens is 3. The molecule has 4 radical (unpaired) electrons. The molecule has 0 saturated carbocycles. The van der Waals surface area contributed by atoms with Gasteiger partial charge in [0.05, 0.1) is 8.07 Å². The topological polar surface area (TPSA) is 29.7 Å². The number of nitrogens with zero attached hydrogens (tertiary/aromatic N) is 3. The molecule has 2 aliphatic heterocycles. The summed E-state index contributed by atoms with van der Waals surface area (Å²) in [6, 6.07) is 14.9. The maximum Gasteiger partial charge on any atom is 0.161 e. The van der Waals surface area contributed by atoms with Crippen LogP contribution in [-0.2, 0) is 46.2 Å². The van der Waals surface area contributed by atoms with E-state index >= 15 is 0 Å². The molecule has 2 aliphatic rings. The van der Waals surface area contributed by atoms with Crippen LogP contribution < -0.4 is 9.75 Å². The molecule has 0 bridgehead atoms. The van der Waals surface area contributed by atoms with Crippen molar-refractivity contribution < 1.29 is 37.3 Å². The number of aryl methyl sites for hydroxylation is 3. The number of hydrogen-bond donors (Lipinski definition) is 0. The molecule has 0 N–H and O–H groups in total. The van der Waals surface area contributed by atoms with Gasteiger partial charge in [-0.15, -0.1) is 11.6 Å². The maximum absolute atomic E-state index is 4.15. The van der Waals surface area contributed by atoms with Crippen LogP contribution in [0.2, 0.25) is 18.1 Å². The van der Waals surface area contributed by atoms with Crippen molar-refractivity contribution in [1.82, 2.24) is 9.97 Å². The molecule has 1 spiro atoms. The Morgan fingerprint density at radius 1 is 1.03 bits per heavy atom. The molecule has 0 amide bonds. The van der Waals surface area contributed by atoms with Gasteiger partial charge in [-0.3, -0.25) is 0 Å². The number of hydrogen-bond acceptors (Lipinski definition) is 2. The Kier molecular flexibility index (Phi) is 8.04. The van der Waals surface area contributed by atoms with Crippen LogP contribution >= 0.6 is 0 Å². The summed E-state index contributed by atoms with van der Waals surface area (Å²) in [4.78, 5) is 8.20. The van der Waals surface area contributed by atoms with Crippen molar-refractivity contribution in [3.8, 4) is 22.4 Å². The summed E-state index contributed by atoms with van der Waals surface area (Å²) < 4.78 is 2.36. The van der Waals surface area contributed by atoms with Crippen LogP contribution in [0, 0.1) is 19.2 Å². The van der Waals surface area contributed by atoms with Gasteiger partial charge in [-0.25, -0.2) is 4.57 Å². The summed E-state index contributed by atoms with van der Waals surface area (Å²) in [5.41, 5.74) is 7.20. The smallest absolute Gasteiger partial charge is 0.161 e. The fourth-order valence-electron chi connectivity index (χ4n) is 5.51. The van der Waals surface area contributed by atoms with E-state index in [9.17, 15) is 0 Å².